The van der Waals surface area contributed by atoms with Gasteiger partial charge >= 0.3 is 0 Å². The molecule has 1 aliphatic rings. The van der Waals surface area contributed by atoms with Gasteiger partial charge in [-0.2, -0.15) is 0 Å². The summed E-state index contributed by atoms with van der Waals surface area (Å²) in [6, 6.07) is 9.30. The Morgan fingerprint density at radius 1 is 1.32 bits per heavy atom. The first-order valence-electron chi connectivity index (χ1n) is 8.32. The number of ketones is 1. The molecule has 2 rings (SSSR count). The van der Waals surface area contributed by atoms with Crippen LogP contribution in [0.2, 0.25) is 0 Å². The highest BCUT2D eigenvalue weighted by Gasteiger charge is 2.45. The number of para-hydroxylation sites is 1. The van der Waals surface area contributed by atoms with E-state index in [1.165, 1.54) is 6.92 Å². The fraction of sp³-hybridized carbons (Fsp3) is 0.333. The van der Waals surface area contributed by atoms with Crippen molar-refractivity contribution in [2.75, 3.05) is 11.5 Å². The number of rotatable bonds is 6. The predicted molar refractivity (Wildman–Crippen MR) is 100 cm³/mol. The first kappa shape index (κ1) is 18.9. The predicted octanol–water partition coefficient (Wildman–Crippen LogP) is 4.05. The average Bonchev–Trinajstić information content (AvgIpc) is 2.58. The van der Waals surface area contributed by atoms with E-state index >= 15 is 0 Å². The number of carbonyl (C=O) groups excluding carboxylic acids is 2. The van der Waals surface area contributed by atoms with E-state index in [1.54, 1.807) is 24.0 Å². The summed E-state index contributed by atoms with van der Waals surface area (Å²) in [7, 11) is 0. The number of hydrogen-bond acceptors (Lipinski definition) is 3. The summed E-state index contributed by atoms with van der Waals surface area (Å²) in [5.74, 6) is -0.445. The third-order valence-corrected chi connectivity index (χ3v) is 4.32. The normalized spacial score (nSPS) is 24.1. The van der Waals surface area contributed by atoms with Crippen LogP contribution in [0.4, 0.5) is 5.69 Å². The summed E-state index contributed by atoms with van der Waals surface area (Å²) in [4.78, 5) is 26.6. The summed E-state index contributed by atoms with van der Waals surface area (Å²) in [6.07, 6.45) is 3.80. The third-order valence-electron chi connectivity index (χ3n) is 4.32. The zero-order chi connectivity index (χ0) is 18.6. The highest BCUT2D eigenvalue weighted by atomic mass is 16.5. The van der Waals surface area contributed by atoms with Gasteiger partial charge in [-0.05, 0) is 57.0 Å². The van der Waals surface area contributed by atoms with Crippen molar-refractivity contribution in [1.82, 2.24) is 0 Å². The smallest absolute Gasteiger partial charge is 0.235 e. The van der Waals surface area contributed by atoms with E-state index in [2.05, 4.69) is 13.2 Å². The number of carbonyl (C=O) groups is 2. The summed E-state index contributed by atoms with van der Waals surface area (Å²) < 4.78 is 6.10. The molecule has 0 saturated carbocycles. The molecule has 0 aliphatic carbocycles. The molecule has 2 unspecified atom stereocenters. The summed E-state index contributed by atoms with van der Waals surface area (Å²) in [5.41, 5.74) is 0.967. The Hall–Kier alpha value is -2.46. The highest BCUT2D eigenvalue weighted by Crippen LogP contribution is 2.36. The van der Waals surface area contributed by atoms with Gasteiger partial charge in [0.2, 0.25) is 5.91 Å². The van der Waals surface area contributed by atoms with Crippen LogP contribution < -0.4 is 4.90 Å². The van der Waals surface area contributed by atoms with Gasteiger partial charge in [0.1, 0.15) is 0 Å². The molecule has 1 aromatic carbocycles. The minimum absolute atomic E-state index is 0.0621. The maximum atomic E-state index is 13.2. The molecule has 1 aliphatic heterocycles. The van der Waals surface area contributed by atoms with Gasteiger partial charge in [-0.15, -0.1) is 6.58 Å². The molecule has 0 radical (unpaired) electrons. The number of ether oxygens (including phenoxy) is 1. The van der Waals surface area contributed by atoms with Crippen molar-refractivity contribution in [2.45, 2.75) is 32.9 Å². The molecule has 0 bridgehead atoms. The van der Waals surface area contributed by atoms with Gasteiger partial charge in [-0.25, -0.2) is 0 Å². The van der Waals surface area contributed by atoms with E-state index in [-0.39, 0.29) is 24.2 Å². The van der Waals surface area contributed by atoms with Crippen molar-refractivity contribution in [3.8, 4) is 0 Å². The Kier molecular flexibility index (Phi) is 5.75. The molecule has 1 aromatic rings. The lowest BCUT2D eigenvalue weighted by Gasteiger charge is -2.46. The molecule has 25 heavy (non-hydrogen) atoms. The number of amides is 1. The first-order valence-corrected chi connectivity index (χ1v) is 8.32. The molecule has 1 fully saturated rings. The van der Waals surface area contributed by atoms with Gasteiger partial charge in [-0.3, -0.25) is 14.5 Å². The van der Waals surface area contributed by atoms with Crippen LogP contribution in [-0.2, 0) is 14.3 Å². The Labute approximate surface area is 149 Å². The average molecular weight is 339 g/mol. The van der Waals surface area contributed by atoms with Crippen LogP contribution in [0, 0.1) is 5.92 Å². The summed E-state index contributed by atoms with van der Waals surface area (Å²) in [6.45, 7) is 13.1. The van der Waals surface area contributed by atoms with E-state index in [9.17, 15) is 9.59 Å². The fourth-order valence-electron chi connectivity index (χ4n) is 2.92. The van der Waals surface area contributed by atoms with Crippen LogP contribution in [0.15, 0.2) is 66.8 Å². The Morgan fingerprint density at radius 2 is 1.96 bits per heavy atom. The maximum absolute atomic E-state index is 13.2. The van der Waals surface area contributed by atoms with Crippen LogP contribution in [0.3, 0.4) is 0 Å². The van der Waals surface area contributed by atoms with Crippen molar-refractivity contribution in [3.63, 3.8) is 0 Å². The number of Topliss-reactive ketones (excluding diaryl/α,β-unsaturated/α-hetero) is 1. The second kappa shape index (κ2) is 7.62. The second-order valence-electron chi connectivity index (χ2n) is 6.52. The van der Waals surface area contributed by atoms with Crippen molar-refractivity contribution < 1.29 is 14.3 Å². The Bertz CT molecular complexity index is 720. The molecule has 1 saturated heterocycles. The largest absolute Gasteiger partial charge is 0.347 e. The number of allylic oxidation sites excluding steroid dienone is 2. The van der Waals surface area contributed by atoms with Crippen molar-refractivity contribution in [1.29, 1.82) is 0 Å². The number of nitrogens with zero attached hydrogens (tertiary/aromatic N) is 1. The first-order chi connectivity index (χ1) is 11.8. The van der Waals surface area contributed by atoms with Gasteiger partial charge in [0.05, 0.1) is 12.5 Å². The molecule has 1 heterocycles. The molecular weight excluding hydrogens is 314 g/mol. The minimum atomic E-state index is -1.18. The van der Waals surface area contributed by atoms with Gasteiger partial charge in [0.25, 0.3) is 0 Å². The van der Waals surface area contributed by atoms with Crippen LogP contribution in [0.5, 0.6) is 0 Å². The molecule has 4 heteroatoms. The standard InChI is InChI=1S/C21H25NO3/c1-6-21(13-16(4)17(5)23)22(19-10-8-7-9-11-19)20(24)18(14-25-21)12-15(2)3/h6-11,13,18H,1-2,12,14H2,3-5H3/b16-13-. The molecule has 0 N–H and O–H groups in total. The molecule has 0 spiro atoms. The molecular formula is C21H25NO3. The van der Waals surface area contributed by atoms with E-state index in [4.69, 9.17) is 4.74 Å². The molecule has 4 nitrogen and oxygen atoms in total. The SMILES string of the molecule is C=CC1(/C=C(/C)C(C)=O)OCC(CC(=C)C)C(=O)N1c1ccccc1. The fourth-order valence-corrected chi connectivity index (χ4v) is 2.92. The third kappa shape index (κ3) is 3.97. The molecule has 2 atom stereocenters. The summed E-state index contributed by atoms with van der Waals surface area (Å²) >= 11 is 0. The topological polar surface area (TPSA) is 46.6 Å². The van der Waals surface area contributed by atoms with Crippen molar-refractivity contribution in [3.05, 3.63) is 66.8 Å². The monoisotopic (exact) mass is 339 g/mol. The van der Waals surface area contributed by atoms with Gasteiger partial charge in [0.15, 0.2) is 11.5 Å². The highest BCUT2D eigenvalue weighted by molar-refractivity contribution is 5.99. The van der Waals surface area contributed by atoms with Gasteiger partial charge in [-0.1, -0.05) is 30.4 Å². The van der Waals surface area contributed by atoms with Crippen LogP contribution in [0.1, 0.15) is 27.2 Å². The Balaban J connectivity index is 2.56. The quantitative estimate of drug-likeness (QED) is 0.580. The molecule has 1 amide bonds. The maximum Gasteiger partial charge on any atom is 0.235 e. The Morgan fingerprint density at radius 3 is 2.48 bits per heavy atom. The molecule has 132 valence electrons. The lowest BCUT2D eigenvalue weighted by molar-refractivity contribution is -0.137. The number of anilines is 1. The van der Waals surface area contributed by atoms with Crippen LogP contribution in [0.25, 0.3) is 0 Å². The summed E-state index contributed by atoms with van der Waals surface area (Å²) in [5, 5.41) is 0. The van der Waals surface area contributed by atoms with Crippen molar-refractivity contribution in [2.24, 2.45) is 5.92 Å². The zero-order valence-corrected chi connectivity index (χ0v) is 15.1. The van der Waals surface area contributed by atoms with Gasteiger partial charge in [0, 0.05) is 5.69 Å². The van der Waals surface area contributed by atoms with E-state index in [1.807, 2.05) is 37.3 Å². The van der Waals surface area contributed by atoms with E-state index in [0.29, 0.717) is 17.7 Å². The van der Waals surface area contributed by atoms with Crippen LogP contribution in [-0.4, -0.2) is 24.0 Å². The van der Waals surface area contributed by atoms with E-state index < -0.39 is 5.72 Å². The second-order valence-corrected chi connectivity index (χ2v) is 6.52. The number of hydrogen-bond donors (Lipinski definition) is 0. The van der Waals surface area contributed by atoms with Gasteiger partial charge < -0.3 is 4.74 Å². The molecule has 0 aromatic heterocycles. The van der Waals surface area contributed by atoms with Crippen LogP contribution >= 0.6 is 0 Å². The number of benzene rings is 1. The lowest BCUT2D eigenvalue weighted by atomic mass is 9.94. The van der Waals surface area contributed by atoms with Crippen molar-refractivity contribution >= 4 is 17.4 Å². The van der Waals surface area contributed by atoms with E-state index in [0.717, 1.165) is 5.57 Å². The zero-order valence-electron chi connectivity index (χ0n) is 15.1. The minimum Gasteiger partial charge on any atom is -0.347 e. The lowest BCUT2D eigenvalue weighted by Crippen LogP contribution is -2.59.